The Morgan fingerprint density at radius 2 is 1.58 bits per heavy atom. The topological polar surface area (TPSA) is 0 Å². The molecule has 0 fully saturated rings. The Morgan fingerprint density at radius 1 is 1.00 bits per heavy atom. The van der Waals surface area contributed by atoms with E-state index in [-0.39, 0.29) is 0 Å². The minimum Gasteiger partial charge on any atom is -0.151 e. The highest BCUT2D eigenvalue weighted by molar-refractivity contribution is 8.00. The van der Waals surface area contributed by atoms with Crippen molar-refractivity contribution in [3.63, 3.8) is 0 Å². The lowest BCUT2D eigenvalue weighted by atomic mass is 10.2. The summed E-state index contributed by atoms with van der Waals surface area (Å²) in [5.41, 5.74) is 1.43. The van der Waals surface area contributed by atoms with Crippen LogP contribution in [0.2, 0.25) is 0 Å². The molecule has 0 spiro atoms. The molecular weight excluding hydrogens is 164 g/mol. The Kier molecular flexibility index (Phi) is 3.67. The molecule has 0 heterocycles. The average Bonchev–Trinajstić information content (AvgIpc) is 2.05. The maximum absolute atomic E-state index is 2.26. The molecule has 0 saturated heterocycles. The van der Waals surface area contributed by atoms with Crippen LogP contribution >= 0.6 is 11.8 Å². The van der Waals surface area contributed by atoms with E-state index in [1.807, 2.05) is 11.8 Å². The largest absolute Gasteiger partial charge is 0.151 e. The molecule has 0 nitrogen and oxygen atoms in total. The molecule has 0 aliphatic rings. The first-order valence-corrected chi connectivity index (χ1v) is 5.35. The van der Waals surface area contributed by atoms with E-state index >= 15 is 0 Å². The molecule has 1 aromatic carbocycles. The number of thioether (sulfide) groups is 1. The van der Waals surface area contributed by atoms with Gasteiger partial charge in [-0.15, -0.1) is 0 Å². The van der Waals surface area contributed by atoms with Gasteiger partial charge < -0.3 is 0 Å². The van der Waals surface area contributed by atoms with Crippen LogP contribution in [0.4, 0.5) is 0 Å². The van der Waals surface area contributed by atoms with Crippen molar-refractivity contribution in [2.24, 2.45) is 0 Å². The normalized spacial score (nSPS) is 13.3. The van der Waals surface area contributed by atoms with Gasteiger partial charge in [0, 0.05) is 5.25 Å². The molecule has 0 saturated carbocycles. The molecule has 0 aliphatic carbocycles. The van der Waals surface area contributed by atoms with Gasteiger partial charge in [-0.2, -0.15) is 11.8 Å². The van der Waals surface area contributed by atoms with E-state index in [9.17, 15) is 0 Å². The minimum atomic E-state index is 0.617. The van der Waals surface area contributed by atoms with Gasteiger partial charge >= 0.3 is 0 Å². The molecule has 0 N–H and O–H groups in total. The summed E-state index contributed by atoms with van der Waals surface area (Å²) in [6, 6.07) is 10.7. The lowest BCUT2D eigenvalue weighted by Gasteiger charge is -2.13. The first kappa shape index (κ1) is 9.66. The summed E-state index contributed by atoms with van der Waals surface area (Å²) in [5, 5.41) is 1.33. The van der Waals surface area contributed by atoms with Gasteiger partial charge in [-0.1, -0.05) is 44.2 Å². The van der Waals surface area contributed by atoms with E-state index in [4.69, 9.17) is 0 Å². The van der Waals surface area contributed by atoms with Crippen LogP contribution in [-0.2, 0) is 0 Å². The van der Waals surface area contributed by atoms with Crippen LogP contribution in [0.3, 0.4) is 0 Å². The summed E-state index contributed by atoms with van der Waals surface area (Å²) in [7, 11) is 0. The van der Waals surface area contributed by atoms with Gasteiger partial charge in [0.25, 0.3) is 0 Å². The molecule has 1 rings (SSSR count). The monoisotopic (exact) mass is 180 g/mol. The molecule has 12 heavy (non-hydrogen) atoms. The second-order valence-electron chi connectivity index (χ2n) is 3.24. The van der Waals surface area contributed by atoms with Crippen LogP contribution in [0.1, 0.15) is 31.6 Å². The van der Waals surface area contributed by atoms with Crippen LogP contribution in [0.5, 0.6) is 0 Å². The maximum Gasteiger partial charge on any atom is 0.0271 e. The smallest absolute Gasteiger partial charge is 0.0271 e. The van der Waals surface area contributed by atoms with E-state index < -0.39 is 0 Å². The summed E-state index contributed by atoms with van der Waals surface area (Å²) in [6.07, 6.45) is 0. The first-order valence-electron chi connectivity index (χ1n) is 4.40. The second kappa shape index (κ2) is 4.56. The number of benzene rings is 1. The standard InChI is InChI=1S/C11H16S/c1-9(2)12-10(3)11-7-5-4-6-8-11/h4-10H,1-3H3. The van der Waals surface area contributed by atoms with Crippen LogP contribution in [0, 0.1) is 0 Å². The van der Waals surface area contributed by atoms with Gasteiger partial charge in [-0.25, -0.2) is 0 Å². The molecule has 1 unspecified atom stereocenters. The van der Waals surface area contributed by atoms with Crippen LogP contribution in [0.15, 0.2) is 30.3 Å². The molecule has 0 amide bonds. The van der Waals surface area contributed by atoms with Crippen molar-refractivity contribution in [1.82, 2.24) is 0 Å². The van der Waals surface area contributed by atoms with Crippen molar-refractivity contribution in [3.8, 4) is 0 Å². The number of hydrogen-bond donors (Lipinski definition) is 0. The minimum absolute atomic E-state index is 0.617. The Morgan fingerprint density at radius 3 is 2.08 bits per heavy atom. The molecule has 0 aliphatic heterocycles. The Bertz CT molecular complexity index is 216. The van der Waals surface area contributed by atoms with Crippen molar-refractivity contribution in [1.29, 1.82) is 0 Å². The SMILES string of the molecule is CC(C)SC(C)c1ccccc1. The van der Waals surface area contributed by atoms with E-state index in [1.54, 1.807) is 0 Å². The highest BCUT2D eigenvalue weighted by Crippen LogP contribution is 2.30. The third kappa shape index (κ3) is 2.90. The fourth-order valence-electron chi connectivity index (χ4n) is 1.21. The highest BCUT2D eigenvalue weighted by atomic mass is 32.2. The fourth-order valence-corrected chi connectivity index (χ4v) is 2.34. The summed E-state index contributed by atoms with van der Waals surface area (Å²) < 4.78 is 0. The van der Waals surface area contributed by atoms with Crippen LogP contribution < -0.4 is 0 Å². The van der Waals surface area contributed by atoms with Gasteiger partial charge in [-0.3, -0.25) is 0 Å². The van der Waals surface area contributed by atoms with E-state index in [2.05, 4.69) is 51.1 Å². The molecule has 0 aromatic heterocycles. The lowest BCUT2D eigenvalue weighted by Crippen LogP contribution is -1.93. The lowest BCUT2D eigenvalue weighted by molar-refractivity contribution is 1.04. The summed E-state index contributed by atoms with van der Waals surface area (Å²) in [4.78, 5) is 0. The molecule has 0 radical (unpaired) electrons. The zero-order chi connectivity index (χ0) is 8.97. The molecule has 1 atom stereocenters. The quantitative estimate of drug-likeness (QED) is 0.680. The van der Waals surface area contributed by atoms with Crippen molar-refractivity contribution in [2.45, 2.75) is 31.3 Å². The third-order valence-corrected chi connectivity index (χ3v) is 2.97. The zero-order valence-corrected chi connectivity index (χ0v) is 8.77. The van der Waals surface area contributed by atoms with E-state index in [0.717, 1.165) is 0 Å². The maximum atomic E-state index is 2.26. The number of hydrogen-bond acceptors (Lipinski definition) is 1. The predicted octanol–water partition coefficient (Wildman–Crippen LogP) is 3.89. The highest BCUT2D eigenvalue weighted by Gasteiger charge is 2.06. The Balaban J connectivity index is 2.59. The average molecular weight is 180 g/mol. The molecular formula is C11H16S. The summed E-state index contributed by atoms with van der Waals surface area (Å²) in [5.74, 6) is 0. The van der Waals surface area contributed by atoms with Crippen LogP contribution in [0.25, 0.3) is 0 Å². The van der Waals surface area contributed by atoms with E-state index in [1.165, 1.54) is 5.56 Å². The molecule has 66 valence electrons. The van der Waals surface area contributed by atoms with Crippen molar-refractivity contribution in [3.05, 3.63) is 35.9 Å². The molecule has 1 heteroatoms. The molecule has 0 bridgehead atoms. The van der Waals surface area contributed by atoms with E-state index in [0.29, 0.717) is 10.5 Å². The third-order valence-electron chi connectivity index (χ3n) is 1.75. The van der Waals surface area contributed by atoms with Gasteiger partial charge in [0.15, 0.2) is 0 Å². The van der Waals surface area contributed by atoms with Gasteiger partial charge in [0.2, 0.25) is 0 Å². The van der Waals surface area contributed by atoms with Crippen molar-refractivity contribution >= 4 is 11.8 Å². The Labute approximate surface area is 79.4 Å². The second-order valence-corrected chi connectivity index (χ2v) is 5.16. The fraction of sp³-hybridized carbons (Fsp3) is 0.455. The summed E-state index contributed by atoms with van der Waals surface area (Å²) in [6.45, 7) is 6.74. The summed E-state index contributed by atoms with van der Waals surface area (Å²) >= 11 is 2.01. The number of rotatable bonds is 3. The Hall–Kier alpha value is -0.430. The van der Waals surface area contributed by atoms with Crippen molar-refractivity contribution in [2.75, 3.05) is 0 Å². The van der Waals surface area contributed by atoms with Gasteiger partial charge in [0.05, 0.1) is 0 Å². The predicted molar refractivity (Wildman–Crippen MR) is 57.6 cm³/mol. The first-order chi connectivity index (χ1) is 5.70. The van der Waals surface area contributed by atoms with Gasteiger partial charge in [-0.05, 0) is 17.7 Å². The molecule has 1 aromatic rings. The van der Waals surface area contributed by atoms with Gasteiger partial charge in [0.1, 0.15) is 0 Å². The van der Waals surface area contributed by atoms with Crippen LogP contribution in [-0.4, -0.2) is 5.25 Å². The van der Waals surface area contributed by atoms with Crippen molar-refractivity contribution < 1.29 is 0 Å². The zero-order valence-electron chi connectivity index (χ0n) is 7.95.